The smallest absolute Gasteiger partial charge is 0.0346 e. The molecule has 0 spiro atoms. The maximum atomic E-state index is 5.89. The van der Waals surface area contributed by atoms with Gasteiger partial charge >= 0.3 is 0 Å². The summed E-state index contributed by atoms with van der Waals surface area (Å²) in [4.78, 5) is 2.44. The summed E-state index contributed by atoms with van der Waals surface area (Å²) in [6, 6.07) is 8.15. The van der Waals surface area contributed by atoms with E-state index in [2.05, 4.69) is 30.9 Å². The number of aryl methyl sites for hydroxylation is 1. The van der Waals surface area contributed by atoms with Gasteiger partial charge < -0.3 is 10.6 Å². The number of benzene rings is 1. The second-order valence-electron chi connectivity index (χ2n) is 3.83. The molecule has 84 valence electrons. The van der Waals surface area contributed by atoms with Gasteiger partial charge in [-0.1, -0.05) is 32.0 Å². The summed E-state index contributed by atoms with van der Waals surface area (Å²) in [6.07, 6.45) is 2.28. The Morgan fingerprint density at radius 1 is 1.13 bits per heavy atom. The van der Waals surface area contributed by atoms with E-state index in [-0.39, 0.29) is 0 Å². The molecule has 15 heavy (non-hydrogen) atoms. The lowest BCUT2D eigenvalue weighted by molar-refractivity contribution is 0.300. The van der Waals surface area contributed by atoms with Gasteiger partial charge in [0, 0.05) is 5.69 Å². The summed E-state index contributed by atoms with van der Waals surface area (Å²) in [5.41, 5.74) is 8.10. The predicted molar refractivity (Wildman–Crippen MR) is 67.0 cm³/mol. The largest absolute Gasteiger partial charge is 0.399 e. The third kappa shape index (κ3) is 3.92. The zero-order valence-electron chi connectivity index (χ0n) is 9.87. The van der Waals surface area contributed by atoms with Crippen LogP contribution < -0.4 is 5.73 Å². The third-order valence-electron chi connectivity index (χ3n) is 2.87. The first-order valence-corrected chi connectivity index (χ1v) is 5.83. The summed E-state index contributed by atoms with van der Waals surface area (Å²) in [5, 5.41) is 0. The molecule has 0 aromatic heterocycles. The molecule has 0 saturated carbocycles. The van der Waals surface area contributed by atoms with Crippen molar-refractivity contribution in [2.45, 2.75) is 26.7 Å². The van der Waals surface area contributed by atoms with Crippen molar-refractivity contribution >= 4 is 5.69 Å². The van der Waals surface area contributed by atoms with Crippen LogP contribution in [0.3, 0.4) is 0 Å². The fourth-order valence-corrected chi connectivity index (χ4v) is 1.79. The number of hydrogen-bond acceptors (Lipinski definition) is 2. The standard InChI is InChI=1S/C13H22N2/c1-3-15(4-2)11-7-9-12-8-5-6-10-13(12)14/h5-6,8,10H,3-4,7,9,11,14H2,1-2H3. The van der Waals surface area contributed by atoms with Crippen LogP contribution in [0.4, 0.5) is 5.69 Å². The molecule has 0 saturated heterocycles. The SMILES string of the molecule is CCN(CC)CCCc1ccccc1N. The normalized spacial score (nSPS) is 10.9. The van der Waals surface area contributed by atoms with Crippen molar-refractivity contribution in [2.75, 3.05) is 25.4 Å². The molecule has 0 aliphatic rings. The number of nitrogens with two attached hydrogens (primary N) is 1. The lowest BCUT2D eigenvalue weighted by Crippen LogP contribution is -2.24. The van der Waals surface area contributed by atoms with Crippen LogP contribution in [0.1, 0.15) is 25.8 Å². The van der Waals surface area contributed by atoms with E-state index in [1.165, 1.54) is 18.5 Å². The minimum Gasteiger partial charge on any atom is -0.399 e. The van der Waals surface area contributed by atoms with Gasteiger partial charge in [0.15, 0.2) is 0 Å². The van der Waals surface area contributed by atoms with E-state index in [4.69, 9.17) is 5.73 Å². The second-order valence-corrected chi connectivity index (χ2v) is 3.83. The van der Waals surface area contributed by atoms with Crippen LogP contribution in [-0.2, 0) is 6.42 Å². The highest BCUT2D eigenvalue weighted by Crippen LogP contribution is 2.12. The molecule has 1 rings (SSSR count). The first-order chi connectivity index (χ1) is 7.27. The molecule has 1 aromatic carbocycles. The Morgan fingerprint density at radius 2 is 1.80 bits per heavy atom. The van der Waals surface area contributed by atoms with E-state index in [1.807, 2.05) is 12.1 Å². The zero-order valence-corrected chi connectivity index (χ0v) is 9.87. The Balaban J connectivity index is 2.34. The molecule has 0 atom stereocenters. The van der Waals surface area contributed by atoms with E-state index >= 15 is 0 Å². The first-order valence-electron chi connectivity index (χ1n) is 5.83. The Kier molecular flexibility index (Phi) is 5.19. The van der Waals surface area contributed by atoms with Crippen LogP contribution in [0.15, 0.2) is 24.3 Å². The summed E-state index contributed by atoms with van der Waals surface area (Å²) >= 11 is 0. The van der Waals surface area contributed by atoms with Gasteiger partial charge in [0.2, 0.25) is 0 Å². The minimum atomic E-state index is 0.928. The highest BCUT2D eigenvalue weighted by atomic mass is 15.1. The molecule has 0 amide bonds. The van der Waals surface area contributed by atoms with Gasteiger partial charge in [-0.25, -0.2) is 0 Å². The fourth-order valence-electron chi connectivity index (χ4n) is 1.79. The number of nitrogen functional groups attached to an aromatic ring is 1. The Labute approximate surface area is 93.1 Å². The van der Waals surface area contributed by atoms with Crippen molar-refractivity contribution < 1.29 is 0 Å². The highest BCUT2D eigenvalue weighted by Gasteiger charge is 2.01. The van der Waals surface area contributed by atoms with Crippen LogP contribution in [0.5, 0.6) is 0 Å². The van der Waals surface area contributed by atoms with E-state index in [1.54, 1.807) is 0 Å². The molecule has 0 aliphatic carbocycles. The second kappa shape index (κ2) is 6.46. The van der Waals surface area contributed by atoms with Crippen molar-refractivity contribution in [3.8, 4) is 0 Å². The topological polar surface area (TPSA) is 29.3 Å². The van der Waals surface area contributed by atoms with Crippen molar-refractivity contribution in [2.24, 2.45) is 0 Å². The lowest BCUT2D eigenvalue weighted by Gasteiger charge is -2.17. The van der Waals surface area contributed by atoms with Crippen LogP contribution in [0.25, 0.3) is 0 Å². The van der Waals surface area contributed by atoms with Crippen LogP contribution >= 0.6 is 0 Å². The fraction of sp³-hybridized carbons (Fsp3) is 0.538. The van der Waals surface area contributed by atoms with E-state index in [0.717, 1.165) is 25.2 Å². The Bertz CT molecular complexity index is 280. The molecule has 0 aliphatic heterocycles. The molecular weight excluding hydrogens is 184 g/mol. The summed E-state index contributed by atoms with van der Waals surface area (Å²) < 4.78 is 0. The first kappa shape index (κ1) is 12.1. The van der Waals surface area contributed by atoms with E-state index in [0.29, 0.717) is 0 Å². The number of hydrogen-bond donors (Lipinski definition) is 1. The number of nitrogens with zero attached hydrogens (tertiary/aromatic N) is 1. The van der Waals surface area contributed by atoms with Crippen molar-refractivity contribution in [1.82, 2.24) is 4.90 Å². The van der Waals surface area contributed by atoms with Crippen LogP contribution in [0, 0.1) is 0 Å². The van der Waals surface area contributed by atoms with Crippen LogP contribution in [0.2, 0.25) is 0 Å². The summed E-state index contributed by atoms with van der Waals surface area (Å²) in [6.45, 7) is 7.86. The molecule has 0 unspecified atom stereocenters. The van der Waals surface area contributed by atoms with Gasteiger partial charge in [-0.05, 0) is 44.1 Å². The molecule has 0 radical (unpaired) electrons. The predicted octanol–water partition coefficient (Wildman–Crippen LogP) is 2.54. The van der Waals surface area contributed by atoms with Crippen molar-refractivity contribution in [3.05, 3.63) is 29.8 Å². The van der Waals surface area contributed by atoms with E-state index in [9.17, 15) is 0 Å². The van der Waals surface area contributed by atoms with Crippen molar-refractivity contribution in [1.29, 1.82) is 0 Å². The zero-order chi connectivity index (χ0) is 11.1. The lowest BCUT2D eigenvalue weighted by atomic mass is 10.1. The average Bonchev–Trinajstić information content (AvgIpc) is 2.27. The molecule has 2 N–H and O–H groups in total. The summed E-state index contributed by atoms with van der Waals surface area (Å²) in [7, 11) is 0. The molecule has 2 heteroatoms. The maximum Gasteiger partial charge on any atom is 0.0346 e. The van der Waals surface area contributed by atoms with Gasteiger partial charge in [-0.15, -0.1) is 0 Å². The van der Waals surface area contributed by atoms with E-state index < -0.39 is 0 Å². The van der Waals surface area contributed by atoms with Gasteiger partial charge in [-0.3, -0.25) is 0 Å². The van der Waals surface area contributed by atoms with Crippen molar-refractivity contribution in [3.63, 3.8) is 0 Å². The average molecular weight is 206 g/mol. The van der Waals surface area contributed by atoms with Gasteiger partial charge in [0.1, 0.15) is 0 Å². The van der Waals surface area contributed by atoms with Crippen LogP contribution in [-0.4, -0.2) is 24.5 Å². The number of para-hydroxylation sites is 1. The number of anilines is 1. The van der Waals surface area contributed by atoms with Gasteiger partial charge in [-0.2, -0.15) is 0 Å². The molecule has 2 nitrogen and oxygen atoms in total. The molecule has 0 fully saturated rings. The Hall–Kier alpha value is -1.02. The molecule has 0 bridgehead atoms. The minimum absolute atomic E-state index is 0.928. The van der Waals surface area contributed by atoms with Gasteiger partial charge in [0.05, 0.1) is 0 Å². The monoisotopic (exact) mass is 206 g/mol. The highest BCUT2D eigenvalue weighted by molar-refractivity contribution is 5.46. The molecule has 1 aromatic rings. The summed E-state index contributed by atoms with van der Waals surface area (Å²) in [5.74, 6) is 0. The number of rotatable bonds is 6. The third-order valence-corrected chi connectivity index (χ3v) is 2.87. The van der Waals surface area contributed by atoms with Gasteiger partial charge in [0.25, 0.3) is 0 Å². The Morgan fingerprint density at radius 3 is 2.40 bits per heavy atom. The quantitative estimate of drug-likeness (QED) is 0.725. The molecular formula is C13H22N2. The maximum absolute atomic E-state index is 5.89. The molecule has 0 heterocycles.